The summed E-state index contributed by atoms with van der Waals surface area (Å²) in [7, 11) is 0. The number of carbonyl (C=O) groups excluding carboxylic acids is 1. The lowest BCUT2D eigenvalue weighted by Gasteiger charge is -2.28. The molecule has 1 aromatic heterocycles. The zero-order valence-corrected chi connectivity index (χ0v) is 22.2. The number of aliphatic hydroxyl groups excluding tert-OH is 1. The number of nitrogens with two attached hydrogens (primary N) is 1. The molecule has 1 amide bonds. The van der Waals surface area contributed by atoms with Crippen LogP contribution in [0.4, 0.5) is 10.2 Å². The molecule has 2 aromatic carbocycles. The molecule has 4 rings (SSSR count). The van der Waals surface area contributed by atoms with Gasteiger partial charge in [-0.1, -0.05) is 35.3 Å². The van der Waals surface area contributed by atoms with E-state index in [4.69, 9.17) is 38.4 Å². The molecule has 0 aliphatic carbocycles. The highest BCUT2D eigenvalue weighted by molar-refractivity contribution is 6.36. The fourth-order valence-corrected chi connectivity index (χ4v) is 4.68. The number of carbonyl (C=O) groups is 1. The second-order valence-electron chi connectivity index (χ2n) is 8.82. The number of nitrogens with zero attached hydrogens (tertiary/aromatic N) is 3. The fraction of sp³-hybridized carbons (Fsp3) is 0.346. The van der Waals surface area contributed by atoms with Gasteiger partial charge in [0.1, 0.15) is 11.9 Å². The van der Waals surface area contributed by atoms with Crippen LogP contribution in [0.25, 0.3) is 11.3 Å². The minimum absolute atomic E-state index is 0.0301. The molecule has 2 atom stereocenters. The average molecular weight is 564 g/mol. The quantitative estimate of drug-likeness (QED) is 0.336. The molecule has 0 spiro atoms. The van der Waals surface area contributed by atoms with E-state index in [0.29, 0.717) is 36.6 Å². The molecule has 3 aromatic rings. The third kappa shape index (κ3) is 6.89. The van der Waals surface area contributed by atoms with E-state index in [1.807, 2.05) is 0 Å². The third-order valence-electron chi connectivity index (χ3n) is 6.06. The van der Waals surface area contributed by atoms with E-state index in [9.17, 15) is 14.3 Å². The van der Waals surface area contributed by atoms with Crippen LogP contribution in [0.1, 0.15) is 28.9 Å². The number of ether oxygens (including phenoxy) is 2. The summed E-state index contributed by atoms with van der Waals surface area (Å²) in [6.07, 6.45) is 0.0352. The zero-order chi connectivity index (χ0) is 27.2. The van der Waals surface area contributed by atoms with Gasteiger partial charge in [0.25, 0.3) is 11.8 Å². The van der Waals surface area contributed by atoms with Crippen molar-refractivity contribution in [3.05, 3.63) is 69.6 Å². The maximum absolute atomic E-state index is 14.0. The van der Waals surface area contributed by atoms with Crippen LogP contribution in [0.2, 0.25) is 10.0 Å². The third-order valence-corrected chi connectivity index (χ3v) is 6.77. The molecule has 38 heavy (non-hydrogen) atoms. The largest absolute Gasteiger partial charge is 0.467 e. The standard InChI is InChI=1S/C26H28Cl2FN5O4/c1-15(22-19(27)6-7-20(29)23(22)28)38-26-24(30)31-13-21(33-26)16-2-4-17(5-3-16)25(36)32-12-18(35)14-34-8-10-37-11-9-34/h2-7,13,15,18,35H,8-12,14H2,1H3,(H2,30,31)(H,32,36). The number of aliphatic hydroxyl groups is 1. The topological polar surface area (TPSA) is 123 Å². The van der Waals surface area contributed by atoms with Crippen molar-refractivity contribution in [2.75, 3.05) is 45.1 Å². The van der Waals surface area contributed by atoms with Crippen molar-refractivity contribution in [2.45, 2.75) is 19.1 Å². The number of β-amino-alcohol motifs (C(OH)–C–C–N with tert-alkyl or cyclic N) is 1. The molecule has 12 heteroatoms. The Balaban J connectivity index is 1.40. The SMILES string of the molecule is CC(Oc1nc(-c2ccc(C(=O)NCC(O)CN3CCOCC3)cc2)cnc1N)c1c(Cl)ccc(F)c1Cl. The Labute approximate surface area is 229 Å². The maximum Gasteiger partial charge on any atom is 0.258 e. The summed E-state index contributed by atoms with van der Waals surface area (Å²) in [5.74, 6) is -0.855. The second-order valence-corrected chi connectivity index (χ2v) is 9.60. The number of nitrogen functional groups attached to an aromatic ring is 1. The van der Waals surface area contributed by atoms with E-state index in [1.54, 1.807) is 31.2 Å². The molecule has 2 unspecified atom stereocenters. The van der Waals surface area contributed by atoms with Crippen LogP contribution in [-0.2, 0) is 4.74 Å². The highest BCUT2D eigenvalue weighted by Crippen LogP contribution is 2.35. The van der Waals surface area contributed by atoms with Crippen molar-refractivity contribution in [3.63, 3.8) is 0 Å². The number of halogens is 3. The number of hydrogen-bond donors (Lipinski definition) is 3. The minimum atomic E-state index is -0.762. The van der Waals surface area contributed by atoms with Gasteiger partial charge in [-0.25, -0.2) is 14.4 Å². The predicted molar refractivity (Wildman–Crippen MR) is 143 cm³/mol. The minimum Gasteiger partial charge on any atom is -0.467 e. The number of amides is 1. The molecule has 1 aliphatic rings. The Hall–Kier alpha value is -3.02. The van der Waals surface area contributed by atoms with Crippen molar-refractivity contribution in [2.24, 2.45) is 0 Å². The van der Waals surface area contributed by atoms with Crippen LogP contribution in [-0.4, -0.2) is 71.4 Å². The fourth-order valence-electron chi connectivity index (χ4n) is 4.00. The normalized spacial score (nSPS) is 15.6. The van der Waals surface area contributed by atoms with E-state index in [2.05, 4.69) is 20.2 Å². The molecule has 0 radical (unpaired) electrons. The van der Waals surface area contributed by atoms with Gasteiger partial charge in [-0.15, -0.1) is 0 Å². The summed E-state index contributed by atoms with van der Waals surface area (Å²) in [6, 6.07) is 9.29. The number of morpholine rings is 1. The molecular weight excluding hydrogens is 536 g/mol. The highest BCUT2D eigenvalue weighted by Gasteiger charge is 2.21. The van der Waals surface area contributed by atoms with Crippen LogP contribution in [0.5, 0.6) is 5.88 Å². The lowest BCUT2D eigenvalue weighted by molar-refractivity contribution is 0.0149. The molecule has 1 fully saturated rings. The van der Waals surface area contributed by atoms with E-state index in [1.165, 1.54) is 18.3 Å². The molecule has 1 saturated heterocycles. The van der Waals surface area contributed by atoms with Gasteiger partial charge in [0.2, 0.25) is 0 Å². The van der Waals surface area contributed by atoms with Crippen LogP contribution in [0.15, 0.2) is 42.6 Å². The molecule has 0 saturated carbocycles. The summed E-state index contributed by atoms with van der Waals surface area (Å²) in [5.41, 5.74) is 7.77. The Bertz CT molecular complexity index is 1280. The van der Waals surface area contributed by atoms with Crippen LogP contribution in [0, 0.1) is 5.82 Å². The highest BCUT2D eigenvalue weighted by atomic mass is 35.5. The van der Waals surface area contributed by atoms with Crippen molar-refractivity contribution in [1.29, 1.82) is 0 Å². The van der Waals surface area contributed by atoms with E-state index in [-0.39, 0.29) is 39.8 Å². The Morgan fingerprint density at radius 1 is 1.24 bits per heavy atom. The van der Waals surface area contributed by atoms with Crippen molar-refractivity contribution < 1.29 is 23.8 Å². The van der Waals surface area contributed by atoms with Crippen molar-refractivity contribution >= 4 is 34.9 Å². The summed E-state index contributed by atoms with van der Waals surface area (Å²) in [4.78, 5) is 23.2. The first-order valence-corrected chi connectivity index (χ1v) is 12.8. The lowest BCUT2D eigenvalue weighted by Crippen LogP contribution is -2.44. The molecule has 202 valence electrons. The molecular formula is C26H28Cl2FN5O4. The number of rotatable bonds is 9. The van der Waals surface area contributed by atoms with Crippen molar-refractivity contribution in [1.82, 2.24) is 20.2 Å². The van der Waals surface area contributed by atoms with Crippen molar-refractivity contribution in [3.8, 4) is 17.1 Å². The van der Waals surface area contributed by atoms with Crippen LogP contribution >= 0.6 is 23.2 Å². The first kappa shape index (κ1) is 28.0. The van der Waals surface area contributed by atoms with E-state index < -0.39 is 18.0 Å². The molecule has 4 N–H and O–H groups in total. The predicted octanol–water partition coefficient (Wildman–Crippen LogP) is 3.73. The molecule has 0 bridgehead atoms. The van der Waals surface area contributed by atoms with Gasteiger partial charge in [-0.05, 0) is 31.2 Å². The lowest BCUT2D eigenvalue weighted by atomic mass is 10.1. The summed E-state index contributed by atoms with van der Waals surface area (Å²) >= 11 is 12.3. The zero-order valence-electron chi connectivity index (χ0n) is 20.7. The van der Waals surface area contributed by atoms with Gasteiger partial charge in [-0.3, -0.25) is 9.69 Å². The summed E-state index contributed by atoms with van der Waals surface area (Å²) < 4.78 is 25.1. The Kier molecular flexibility index (Phi) is 9.35. The van der Waals surface area contributed by atoms with Crippen LogP contribution in [0.3, 0.4) is 0 Å². The summed E-state index contributed by atoms with van der Waals surface area (Å²) in [5, 5.41) is 13.1. The number of nitrogens with one attached hydrogen (secondary N) is 1. The Morgan fingerprint density at radius 2 is 1.95 bits per heavy atom. The molecule has 1 aliphatic heterocycles. The number of anilines is 1. The van der Waals surface area contributed by atoms with Gasteiger partial charge < -0.3 is 25.6 Å². The number of hydrogen-bond acceptors (Lipinski definition) is 8. The van der Waals surface area contributed by atoms with E-state index in [0.717, 1.165) is 13.1 Å². The van der Waals surface area contributed by atoms with Gasteiger partial charge >= 0.3 is 0 Å². The number of benzene rings is 2. The summed E-state index contributed by atoms with van der Waals surface area (Å²) in [6.45, 7) is 5.07. The monoisotopic (exact) mass is 563 g/mol. The molecule has 2 heterocycles. The average Bonchev–Trinajstić information content (AvgIpc) is 2.91. The van der Waals surface area contributed by atoms with Gasteiger partial charge in [0.15, 0.2) is 5.82 Å². The first-order chi connectivity index (χ1) is 18.2. The van der Waals surface area contributed by atoms with Gasteiger partial charge in [0.05, 0.1) is 36.2 Å². The Morgan fingerprint density at radius 3 is 2.66 bits per heavy atom. The smallest absolute Gasteiger partial charge is 0.258 e. The van der Waals surface area contributed by atoms with Crippen LogP contribution < -0.4 is 15.8 Å². The van der Waals surface area contributed by atoms with E-state index >= 15 is 0 Å². The van der Waals surface area contributed by atoms with Gasteiger partial charge in [0, 0.05) is 47.9 Å². The molecule has 9 nitrogen and oxygen atoms in total. The van der Waals surface area contributed by atoms with Gasteiger partial charge in [-0.2, -0.15) is 0 Å². The number of aromatic nitrogens is 2. The second kappa shape index (κ2) is 12.7. The maximum atomic E-state index is 14.0. The first-order valence-electron chi connectivity index (χ1n) is 12.0.